The van der Waals surface area contributed by atoms with Crippen molar-refractivity contribution in [1.82, 2.24) is 0 Å². The number of hydrogen-bond donors (Lipinski definition) is 1. The van der Waals surface area contributed by atoms with E-state index in [4.69, 9.17) is 4.74 Å². The van der Waals surface area contributed by atoms with Gasteiger partial charge in [0, 0.05) is 6.42 Å². The molecule has 0 bridgehead atoms. The van der Waals surface area contributed by atoms with Gasteiger partial charge in [0.05, 0.1) is 5.92 Å². The topological polar surface area (TPSA) is 46.5 Å². The number of benzene rings is 3. The van der Waals surface area contributed by atoms with Crippen molar-refractivity contribution in [2.75, 3.05) is 0 Å². The number of carboxylic acid groups (broad SMARTS) is 1. The van der Waals surface area contributed by atoms with E-state index in [-0.39, 0.29) is 0 Å². The van der Waals surface area contributed by atoms with Crippen molar-refractivity contribution in [1.29, 1.82) is 0 Å². The first-order valence-electron chi connectivity index (χ1n) is 8.80. The molecule has 3 aromatic rings. The molecule has 3 heteroatoms. The monoisotopic (exact) mass is 346 g/mol. The van der Waals surface area contributed by atoms with E-state index in [0.717, 1.165) is 28.2 Å². The molecule has 3 rings (SSSR count). The molecule has 0 fully saturated rings. The number of carboxylic acids is 1. The minimum absolute atomic E-state index is 0.467. The molecule has 0 aliphatic rings. The van der Waals surface area contributed by atoms with Crippen molar-refractivity contribution < 1.29 is 14.6 Å². The molecule has 0 radical (unpaired) electrons. The summed E-state index contributed by atoms with van der Waals surface area (Å²) in [6.07, 6.45) is 1.26. The van der Waals surface area contributed by atoms with E-state index in [1.54, 1.807) is 0 Å². The Kier molecular flexibility index (Phi) is 5.69. The van der Waals surface area contributed by atoms with E-state index in [2.05, 4.69) is 0 Å². The van der Waals surface area contributed by atoms with Gasteiger partial charge in [0.1, 0.15) is 11.5 Å². The van der Waals surface area contributed by atoms with Crippen LogP contribution in [0.2, 0.25) is 0 Å². The lowest BCUT2D eigenvalue weighted by Crippen LogP contribution is -2.10. The Morgan fingerprint density at radius 3 is 2.42 bits per heavy atom. The second-order valence-corrected chi connectivity index (χ2v) is 6.24. The SMILES string of the molecule is CCC(C(=O)O)c1cccc(Cc2ccccc2Oc2ccccc2)c1. The predicted molar refractivity (Wildman–Crippen MR) is 103 cm³/mol. The lowest BCUT2D eigenvalue weighted by atomic mass is 9.93. The summed E-state index contributed by atoms with van der Waals surface area (Å²) in [4.78, 5) is 11.4. The van der Waals surface area contributed by atoms with Crippen LogP contribution in [0.1, 0.15) is 36.0 Å². The summed E-state index contributed by atoms with van der Waals surface area (Å²) in [6.45, 7) is 1.90. The smallest absolute Gasteiger partial charge is 0.310 e. The lowest BCUT2D eigenvalue weighted by Gasteiger charge is -2.14. The van der Waals surface area contributed by atoms with E-state index in [1.807, 2.05) is 85.8 Å². The van der Waals surface area contributed by atoms with E-state index < -0.39 is 11.9 Å². The first-order valence-corrected chi connectivity index (χ1v) is 8.80. The van der Waals surface area contributed by atoms with Crippen LogP contribution in [0.5, 0.6) is 11.5 Å². The third kappa shape index (κ3) is 4.31. The zero-order valence-corrected chi connectivity index (χ0v) is 14.8. The Morgan fingerprint density at radius 2 is 1.69 bits per heavy atom. The summed E-state index contributed by atoms with van der Waals surface area (Å²) in [7, 11) is 0. The number of hydrogen-bond acceptors (Lipinski definition) is 2. The highest BCUT2D eigenvalue weighted by molar-refractivity contribution is 5.76. The Balaban J connectivity index is 1.85. The highest BCUT2D eigenvalue weighted by atomic mass is 16.5. The van der Waals surface area contributed by atoms with Crippen molar-refractivity contribution in [3.05, 3.63) is 95.6 Å². The van der Waals surface area contributed by atoms with Crippen molar-refractivity contribution in [2.45, 2.75) is 25.7 Å². The number of rotatable bonds is 7. The van der Waals surface area contributed by atoms with E-state index in [0.29, 0.717) is 12.8 Å². The Labute approximate surface area is 153 Å². The van der Waals surface area contributed by atoms with Gasteiger partial charge in [0.2, 0.25) is 0 Å². The molecule has 0 aliphatic carbocycles. The molecule has 0 spiro atoms. The molecule has 1 unspecified atom stereocenters. The Morgan fingerprint density at radius 1 is 0.962 bits per heavy atom. The minimum Gasteiger partial charge on any atom is -0.481 e. The molecule has 132 valence electrons. The van der Waals surface area contributed by atoms with Crippen LogP contribution in [0.25, 0.3) is 0 Å². The molecule has 0 aliphatic heterocycles. The maximum atomic E-state index is 11.4. The second kappa shape index (κ2) is 8.34. The van der Waals surface area contributed by atoms with Crippen LogP contribution in [0.3, 0.4) is 0 Å². The first-order chi connectivity index (χ1) is 12.7. The van der Waals surface area contributed by atoms with Gasteiger partial charge in [0.15, 0.2) is 0 Å². The second-order valence-electron chi connectivity index (χ2n) is 6.24. The number of para-hydroxylation sites is 2. The van der Waals surface area contributed by atoms with Gasteiger partial charge in [-0.1, -0.05) is 67.6 Å². The van der Waals surface area contributed by atoms with Crippen molar-refractivity contribution >= 4 is 5.97 Å². The molecule has 0 saturated heterocycles. The molecule has 0 heterocycles. The van der Waals surface area contributed by atoms with Gasteiger partial charge in [-0.15, -0.1) is 0 Å². The molecule has 0 saturated carbocycles. The molecule has 1 atom stereocenters. The van der Waals surface area contributed by atoms with Gasteiger partial charge < -0.3 is 9.84 Å². The molecular weight excluding hydrogens is 324 g/mol. The lowest BCUT2D eigenvalue weighted by molar-refractivity contribution is -0.138. The quantitative estimate of drug-likeness (QED) is 0.601. The van der Waals surface area contributed by atoms with Gasteiger partial charge in [0.25, 0.3) is 0 Å². The summed E-state index contributed by atoms with van der Waals surface area (Å²) < 4.78 is 6.02. The minimum atomic E-state index is -0.780. The molecule has 3 nitrogen and oxygen atoms in total. The molecule has 1 N–H and O–H groups in total. The van der Waals surface area contributed by atoms with Gasteiger partial charge in [-0.3, -0.25) is 4.79 Å². The third-order valence-corrected chi connectivity index (χ3v) is 4.40. The summed E-state index contributed by atoms with van der Waals surface area (Å²) in [5.41, 5.74) is 2.99. The summed E-state index contributed by atoms with van der Waals surface area (Å²) >= 11 is 0. The van der Waals surface area contributed by atoms with Gasteiger partial charge >= 0.3 is 5.97 Å². The van der Waals surface area contributed by atoms with Gasteiger partial charge in [-0.05, 0) is 41.3 Å². The van der Waals surface area contributed by atoms with Crippen molar-refractivity contribution in [3.8, 4) is 11.5 Å². The van der Waals surface area contributed by atoms with E-state index in [9.17, 15) is 9.90 Å². The number of ether oxygens (including phenoxy) is 1. The van der Waals surface area contributed by atoms with Gasteiger partial charge in [-0.25, -0.2) is 0 Å². The van der Waals surface area contributed by atoms with Crippen LogP contribution in [0.4, 0.5) is 0 Å². The fourth-order valence-corrected chi connectivity index (χ4v) is 3.06. The average molecular weight is 346 g/mol. The standard InChI is InChI=1S/C23H22O3/c1-2-21(23(24)25)18-11-8-9-17(15-18)16-19-10-6-7-14-22(19)26-20-12-4-3-5-13-20/h3-15,21H,2,16H2,1H3,(H,24,25). The zero-order valence-electron chi connectivity index (χ0n) is 14.8. The van der Waals surface area contributed by atoms with Crippen LogP contribution in [-0.2, 0) is 11.2 Å². The molecular formula is C23H22O3. The highest BCUT2D eigenvalue weighted by Crippen LogP contribution is 2.28. The summed E-state index contributed by atoms with van der Waals surface area (Å²) in [6, 6.07) is 25.5. The first kappa shape index (κ1) is 17.7. The maximum absolute atomic E-state index is 11.4. The van der Waals surface area contributed by atoms with E-state index >= 15 is 0 Å². The molecule has 3 aromatic carbocycles. The Hall–Kier alpha value is -3.07. The predicted octanol–water partition coefficient (Wildman–Crippen LogP) is 5.65. The van der Waals surface area contributed by atoms with Crippen molar-refractivity contribution in [2.24, 2.45) is 0 Å². The van der Waals surface area contributed by atoms with Crippen LogP contribution in [0, 0.1) is 0 Å². The molecule has 0 amide bonds. The Bertz CT molecular complexity index is 871. The fourth-order valence-electron chi connectivity index (χ4n) is 3.06. The highest BCUT2D eigenvalue weighted by Gasteiger charge is 2.17. The van der Waals surface area contributed by atoms with Crippen LogP contribution in [0.15, 0.2) is 78.9 Å². The summed E-state index contributed by atoms with van der Waals surface area (Å²) in [5, 5.41) is 9.40. The normalized spacial score (nSPS) is 11.7. The third-order valence-electron chi connectivity index (χ3n) is 4.40. The van der Waals surface area contributed by atoms with Crippen LogP contribution >= 0.6 is 0 Å². The van der Waals surface area contributed by atoms with Crippen LogP contribution in [-0.4, -0.2) is 11.1 Å². The number of carbonyl (C=O) groups is 1. The summed E-state index contributed by atoms with van der Waals surface area (Å²) in [5.74, 6) is 0.364. The molecule has 26 heavy (non-hydrogen) atoms. The fraction of sp³-hybridized carbons (Fsp3) is 0.174. The van der Waals surface area contributed by atoms with Crippen molar-refractivity contribution in [3.63, 3.8) is 0 Å². The molecule has 0 aromatic heterocycles. The zero-order chi connectivity index (χ0) is 18.4. The number of aliphatic carboxylic acids is 1. The van der Waals surface area contributed by atoms with Crippen LogP contribution < -0.4 is 4.74 Å². The van der Waals surface area contributed by atoms with E-state index in [1.165, 1.54) is 0 Å². The van der Waals surface area contributed by atoms with Gasteiger partial charge in [-0.2, -0.15) is 0 Å². The maximum Gasteiger partial charge on any atom is 0.310 e. The average Bonchev–Trinajstić information content (AvgIpc) is 2.65. The largest absolute Gasteiger partial charge is 0.481 e.